The smallest absolute Gasteiger partial charge is 0.410 e. The molecule has 0 unspecified atom stereocenters. The molecule has 2 amide bonds. The van der Waals surface area contributed by atoms with Crippen LogP contribution in [0.15, 0.2) is 36.5 Å². The molecule has 1 aromatic carbocycles. The number of ether oxygens (including phenoxy) is 2. The molecule has 45 heavy (non-hydrogen) atoms. The van der Waals surface area contributed by atoms with Gasteiger partial charge in [-0.15, -0.1) is 0 Å². The molecule has 3 fully saturated rings. The second-order valence-corrected chi connectivity index (χ2v) is 13.5. The van der Waals surface area contributed by atoms with E-state index in [2.05, 4.69) is 9.55 Å². The van der Waals surface area contributed by atoms with Gasteiger partial charge in [-0.3, -0.25) is 4.79 Å². The van der Waals surface area contributed by atoms with E-state index in [1.165, 1.54) is 6.07 Å². The number of alkyl halides is 2. The lowest BCUT2D eigenvalue weighted by atomic mass is 9.92. The fourth-order valence-electron chi connectivity index (χ4n) is 6.92. The number of carbonyl (C=O) groups is 2. The number of rotatable bonds is 6. The zero-order valence-corrected chi connectivity index (χ0v) is 26.0. The molecule has 238 valence electrons. The Bertz CT molecular complexity index is 1790. The third kappa shape index (κ3) is 5.59. The van der Waals surface area contributed by atoms with Crippen molar-refractivity contribution < 1.29 is 27.8 Å². The Kier molecular flexibility index (Phi) is 7.20. The predicted molar refractivity (Wildman–Crippen MR) is 164 cm³/mol. The Balaban J connectivity index is 1.24. The van der Waals surface area contributed by atoms with Crippen molar-refractivity contribution in [3.8, 4) is 17.3 Å². The van der Waals surface area contributed by atoms with E-state index in [1.807, 2.05) is 39.0 Å². The van der Waals surface area contributed by atoms with Crippen molar-refractivity contribution in [1.29, 1.82) is 0 Å². The number of hydrogen-bond donors (Lipinski definition) is 0. The van der Waals surface area contributed by atoms with E-state index >= 15 is 0 Å². The first-order valence-corrected chi connectivity index (χ1v) is 15.7. The zero-order valence-electron chi connectivity index (χ0n) is 26.0. The minimum atomic E-state index is -3.08. The van der Waals surface area contributed by atoms with Gasteiger partial charge < -0.3 is 28.4 Å². The van der Waals surface area contributed by atoms with Crippen LogP contribution in [0, 0.1) is 11.8 Å². The quantitative estimate of drug-likeness (QED) is 0.260. The molecule has 1 saturated carbocycles. The standard InChI is InChI=1S/C33H38F2N6O4/c1-33(2,3)45-32(43)40-13-10-20-9-12-39(18-25(20)40)30(42)22-14-23-27(26(16-22)44-31(34)35)38(4)29(37-23)24-15-21-6-5-11-36-28(21)41(24)17-19-7-8-19/h5-6,11,14-16,19-20,25,31H,7-10,12-13,17-18H2,1-4H3/t20-,25-/m1/s1. The fraction of sp³-hybridized carbons (Fsp3) is 0.515. The van der Waals surface area contributed by atoms with Gasteiger partial charge in [0.15, 0.2) is 11.6 Å². The number of fused-ring (bicyclic) bond motifs is 3. The highest BCUT2D eigenvalue weighted by molar-refractivity contribution is 6.00. The van der Waals surface area contributed by atoms with E-state index in [9.17, 15) is 18.4 Å². The van der Waals surface area contributed by atoms with Gasteiger partial charge in [0.1, 0.15) is 16.8 Å². The van der Waals surface area contributed by atoms with Crippen molar-refractivity contribution >= 4 is 34.1 Å². The van der Waals surface area contributed by atoms with Crippen LogP contribution >= 0.6 is 0 Å². The van der Waals surface area contributed by atoms with E-state index in [1.54, 1.807) is 33.7 Å². The molecule has 1 aliphatic carbocycles. The fourth-order valence-corrected chi connectivity index (χ4v) is 6.92. The molecule has 0 N–H and O–H groups in total. The second-order valence-electron chi connectivity index (χ2n) is 13.5. The van der Waals surface area contributed by atoms with E-state index in [0.29, 0.717) is 42.4 Å². The van der Waals surface area contributed by atoms with Crippen LogP contribution in [0.4, 0.5) is 13.6 Å². The number of piperidine rings is 1. The van der Waals surface area contributed by atoms with Crippen molar-refractivity contribution in [2.24, 2.45) is 18.9 Å². The lowest BCUT2D eigenvalue weighted by molar-refractivity contribution is -0.0490. The first-order chi connectivity index (χ1) is 21.5. The molecule has 0 bridgehead atoms. The number of likely N-dealkylation sites (tertiary alicyclic amines) is 2. The van der Waals surface area contributed by atoms with Gasteiger partial charge in [0.2, 0.25) is 0 Å². The summed E-state index contributed by atoms with van der Waals surface area (Å²) in [4.78, 5) is 39.8. The summed E-state index contributed by atoms with van der Waals surface area (Å²) in [6.45, 7) is 4.62. The summed E-state index contributed by atoms with van der Waals surface area (Å²) in [6.07, 6.45) is 5.28. The van der Waals surface area contributed by atoms with Crippen molar-refractivity contribution in [3.63, 3.8) is 0 Å². The molecule has 4 aromatic rings. The predicted octanol–water partition coefficient (Wildman–Crippen LogP) is 6.07. The minimum Gasteiger partial charge on any atom is -0.444 e. The number of carbonyl (C=O) groups excluding carboxylic acids is 2. The molecule has 10 nitrogen and oxygen atoms in total. The summed E-state index contributed by atoms with van der Waals surface area (Å²) >= 11 is 0. The van der Waals surface area contributed by atoms with Crippen LogP contribution in [-0.2, 0) is 18.3 Å². The van der Waals surface area contributed by atoms with Crippen LogP contribution in [0.5, 0.6) is 5.75 Å². The van der Waals surface area contributed by atoms with Gasteiger partial charge in [-0.2, -0.15) is 8.78 Å². The second kappa shape index (κ2) is 11.0. The number of hydrogen-bond acceptors (Lipinski definition) is 6. The lowest BCUT2D eigenvalue weighted by Gasteiger charge is -2.38. The summed E-state index contributed by atoms with van der Waals surface area (Å²) in [5.41, 5.74) is 2.03. The number of amides is 2. The Morgan fingerprint density at radius 3 is 2.60 bits per heavy atom. The van der Waals surface area contributed by atoms with E-state index in [0.717, 1.165) is 49.0 Å². The summed E-state index contributed by atoms with van der Waals surface area (Å²) in [6, 6.07) is 8.77. The van der Waals surface area contributed by atoms with E-state index < -0.39 is 12.2 Å². The number of nitrogens with zero attached hydrogens (tertiary/aromatic N) is 6. The lowest BCUT2D eigenvalue weighted by Crippen LogP contribution is -2.52. The SMILES string of the molecule is Cn1c(-c2cc3cccnc3n2CC2CC2)nc2cc(C(=O)N3CC[C@@H]4CCN(C(=O)OC(C)(C)C)[C@@H]4C3)cc(OC(F)F)c21. The first-order valence-electron chi connectivity index (χ1n) is 15.7. The summed E-state index contributed by atoms with van der Waals surface area (Å²) in [5, 5.41) is 0.968. The monoisotopic (exact) mass is 620 g/mol. The van der Waals surface area contributed by atoms with Crippen LogP contribution in [-0.4, -0.2) is 78.8 Å². The number of aryl methyl sites for hydroxylation is 1. The third-order valence-corrected chi connectivity index (χ3v) is 9.20. The minimum absolute atomic E-state index is 0.110. The molecule has 0 spiro atoms. The van der Waals surface area contributed by atoms with E-state index in [4.69, 9.17) is 14.5 Å². The van der Waals surface area contributed by atoms with Crippen molar-refractivity contribution in [2.75, 3.05) is 19.6 Å². The highest BCUT2D eigenvalue weighted by Gasteiger charge is 2.43. The summed E-state index contributed by atoms with van der Waals surface area (Å²) in [7, 11) is 1.77. The van der Waals surface area contributed by atoms with Gasteiger partial charge in [-0.1, -0.05) is 0 Å². The Morgan fingerprint density at radius 1 is 1.09 bits per heavy atom. The van der Waals surface area contributed by atoms with Crippen molar-refractivity contribution in [1.82, 2.24) is 28.9 Å². The van der Waals surface area contributed by atoms with Crippen LogP contribution in [0.2, 0.25) is 0 Å². The van der Waals surface area contributed by atoms with Gasteiger partial charge in [0, 0.05) is 50.4 Å². The molecule has 2 saturated heterocycles. The number of aromatic nitrogens is 4. The highest BCUT2D eigenvalue weighted by Crippen LogP contribution is 2.39. The molecular formula is C33H38F2N6O4. The number of pyridine rings is 1. The summed E-state index contributed by atoms with van der Waals surface area (Å²) < 4.78 is 42.0. The maximum atomic E-state index is 13.9. The summed E-state index contributed by atoms with van der Waals surface area (Å²) in [5.74, 6) is 0.989. The number of benzene rings is 1. The van der Waals surface area contributed by atoms with Crippen LogP contribution in [0.25, 0.3) is 33.6 Å². The van der Waals surface area contributed by atoms with Crippen LogP contribution in [0.1, 0.15) is 56.8 Å². The Labute approximate surface area is 259 Å². The molecule has 2 aliphatic heterocycles. The molecule has 3 aliphatic rings. The maximum Gasteiger partial charge on any atom is 0.410 e. The van der Waals surface area contributed by atoms with Crippen LogP contribution in [0.3, 0.4) is 0 Å². The van der Waals surface area contributed by atoms with Crippen molar-refractivity contribution in [2.45, 2.75) is 71.3 Å². The average molecular weight is 621 g/mol. The molecule has 0 radical (unpaired) electrons. The van der Waals surface area contributed by atoms with Crippen molar-refractivity contribution in [3.05, 3.63) is 42.1 Å². The topological polar surface area (TPSA) is 94.7 Å². The van der Waals surface area contributed by atoms with Crippen LogP contribution < -0.4 is 4.74 Å². The van der Waals surface area contributed by atoms with Gasteiger partial charge in [0.05, 0.1) is 17.3 Å². The van der Waals surface area contributed by atoms with Gasteiger partial charge in [0.25, 0.3) is 5.91 Å². The van der Waals surface area contributed by atoms with Gasteiger partial charge in [-0.05, 0) is 88.6 Å². The molecule has 5 heterocycles. The highest BCUT2D eigenvalue weighted by atomic mass is 19.3. The van der Waals surface area contributed by atoms with Gasteiger partial charge in [-0.25, -0.2) is 14.8 Å². The maximum absolute atomic E-state index is 13.9. The average Bonchev–Trinajstić information content (AvgIpc) is 3.44. The molecular weight excluding hydrogens is 582 g/mol. The number of halogens is 2. The first kappa shape index (κ1) is 29.5. The number of imidazole rings is 1. The molecule has 7 rings (SSSR count). The molecule has 12 heteroatoms. The normalized spacial score (nSPS) is 20.3. The van der Waals surface area contributed by atoms with Gasteiger partial charge >= 0.3 is 12.7 Å². The van der Waals surface area contributed by atoms with E-state index in [-0.39, 0.29) is 35.3 Å². The molecule has 3 aromatic heterocycles. The Hall–Kier alpha value is -4.22. The zero-order chi connectivity index (χ0) is 31.6. The molecule has 2 atom stereocenters. The largest absolute Gasteiger partial charge is 0.444 e. The Morgan fingerprint density at radius 2 is 1.87 bits per heavy atom. The third-order valence-electron chi connectivity index (χ3n) is 9.20.